The summed E-state index contributed by atoms with van der Waals surface area (Å²) in [6.07, 6.45) is 0. The summed E-state index contributed by atoms with van der Waals surface area (Å²) in [7, 11) is 1.45. The number of nitrogens with zero attached hydrogens (tertiary/aromatic N) is 2. The average Bonchev–Trinajstić information content (AvgIpc) is 2.60. The Bertz CT molecular complexity index is 803. The lowest BCUT2D eigenvalue weighted by Crippen LogP contribution is -2.20. The van der Waals surface area contributed by atoms with Gasteiger partial charge in [-0.25, -0.2) is 0 Å². The molecule has 0 bridgehead atoms. The Morgan fingerprint density at radius 2 is 1.91 bits per heavy atom. The van der Waals surface area contributed by atoms with E-state index in [0.717, 1.165) is 0 Å². The third-order valence-electron chi connectivity index (χ3n) is 2.97. The van der Waals surface area contributed by atoms with E-state index in [9.17, 15) is 4.79 Å². The molecule has 0 saturated carbocycles. The van der Waals surface area contributed by atoms with Gasteiger partial charge in [0.25, 0.3) is 5.91 Å². The molecule has 0 spiro atoms. The minimum atomic E-state index is -0.404. The molecule has 1 N–H and O–H groups in total. The quantitative estimate of drug-likeness (QED) is 0.915. The van der Waals surface area contributed by atoms with Gasteiger partial charge in [-0.2, -0.15) is 10.5 Å². The molecule has 2 rings (SSSR count). The highest BCUT2D eigenvalue weighted by molar-refractivity contribution is 5.93. The molecule has 114 valence electrons. The molecule has 0 heterocycles. The first kappa shape index (κ1) is 15.9. The fourth-order valence-corrected chi connectivity index (χ4v) is 1.88. The second kappa shape index (κ2) is 7.48. The van der Waals surface area contributed by atoms with Crippen LogP contribution in [-0.2, 0) is 4.79 Å². The third kappa shape index (κ3) is 3.99. The SMILES string of the molecule is COc1cc(C#N)ccc1OCC(=O)Nc1ccccc1C#N. The van der Waals surface area contributed by atoms with Gasteiger partial charge in [0.2, 0.25) is 0 Å². The maximum Gasteiger partial charge on any atom is 0.262 e. The molecule has 0 aliphatic rings. The predicted octanol–water partition coefficient (Wildman–Crippen LogP) is 2.46. The fraction of sp³-hybridized carbons (Fsp3) is 0.118. The van der Waals surface area contributed by atoms with Crippen molar-refractivity contribution in [3.63, 3.8) is 0 Å². The van der Waals surface area contributed by atoms with Crippen LogP contribution >= 0.6 is 0 Å². The smallest absolute Gasteiger partial charge is 0.262 e. The molecule has 6 nitrogen and oxygen atoms in total. The second-order valence-corrected chi connectivity index (χ2v) is 4.47. The molecule has 6 heteroatoms. The molecule has 2 aromatic carbocycles. The zero-order chi connectivity index (χ0) is 16.7. The van der Waals surface area contributed by atoms with Crippen molar-refractivity contribution >= 4 is 11.6 Å². The van der Waals surface area contributed by atoms with E-state index >= 15 is 0 Å². The van der Waals surface area contributed by atoms with Crippen LogP contribution in [0.5, 0.6) is 11.5 Å². The molecule has 0 atom stereocenters. The van der Waals surface area contributed by atoms with E-state index in [1.54, 1.807) is 36.4 Å². The van der Waals surface area contributed by atoms with Crippen molar-refractivity contribution in [1.29, 1.82) is 10.5 Å². The van der Waals surface area contributed by atoms with Crippen LogP contribution < -0.4 is 14.8 Å². The van der Waals surface area contributed by atoms with Crippen LogP contribution in [0.4, 0.5) is 5.69 Å². The summed E-state index contributed by atoms with van der Waals surface area (Å²) in [6.45, 7) is -0.248. The van der Waals surface area contributed by atoms with E-state index in [1.807, 2.05) is 12.1 Å². The van der Waals surface area contributed by atoms with Gasteiger partial charge in [-0.3, -0.25) is 4.79 Å². The van der Waals surface area contributed by atoms with Crippen molar-refractivity contribution in [2.75, 3.05) is 19.0 Å². The first-order valence-corrected chi connectivity index (χ1v) is 6.68. The van der Waals surface area contributed by atoms with Crippen molar-refractivity contribution < 1.29 is 14.3 Å². The maximum absolute atomic E-state index is 11.9. The van der Waals surface area contributed by atoms with Gasteiger partial charge in [-0.05, 0) is 24.3 Å². The topological polar surface area (TPSA) is 95.1 Å². The number of hydrogen-bond donors (Lipinski definition) is 1. The van der Waals surface area contributed by atoms with E-state index in [-0.39, 0.29) is 6.61 Å². The molecular formula is C17H13N3O3. The number of rotatable bonds is 5. The van der Waals surface area contributed by atoms with E-state index in [4.69, 9.17) is 20.0 Å². The minimum absolute atomic E-state index is 0.248. The Labute approximate surface area is 133 Å². The second-order valence-electron chi connectivity index (χ2n) is 4.47. The summed E-state index contributed by atoms with van der Waals surface area (Å²) >= 11 is 0. The highest BCUT2D eigenvalue weighted by Gasteiger charge is 2.10. The Morgan fingerprint density at radius 3 is 2.61 bits per heavy atom. The van der Waals surface area contributed by atoms with Gasteiger partial charge in [-0.15, -0.1) is 0 Å². The molecule has 0 radical (unpaired) electrons. The van der Waals surface area contributed by atoms with Gasteiger partial charge in [0.05, 0.1) is 30.0 Å². The molecule has 1 amide bonds. The predicted molar refractivity (Wildman–Crippen MR) is 83.0 cm³/mol. The summed E-state index contributed by atoms with van der Waals surface area (Å²) in [6, 6.07) is 15.3. The number of amides is 1. The van der Waals surface area contributed by atoms with Gasteiger partial charge in [0.15, 0.2) is 18.1 Å². The number of ether oxygens (including phenoxy) is 2. The Kier molecular flexibility index (Phi) is 5.16. The Morgan fingerprint density at radius 1 is 1.13 bits per heavy atom. The largest absolute Gasteiger partial charge is 0.493 e. The van der Waals surface area contributed by atoms with Crippen molar-refractivity contribution in [1.82, 2.24) is 0 Å². The molecule has 0 fully saturated rings. The highest BCUT2D eigenvalue weighted by Crippen LogP contribution is 2.27. The van der Waals surface area contributed by atoms with Crippen molar-refractivity contribution in [2.45, 2.75) is 0 Å². The molecule has 0 aliphatic carbocycles. The van der Waals surface area contributed by atoms with Crippen molar-refractivity contribution in [3.8, 4) is 23.6 Å². The molecule has 2 aromatic rings. The lowest BCUT2D eigenvalue weighted by molar-refractivity contribution is -0.118. The first-order chi connectivity index (χ1) is 11.2. The van der Waals surface area contributed by atoms with Crippen LogP contribution in [0, 0.1) is 22.7 Å². The van der Waals surface area contributed by atoms with Gasteiger partial charge in [0.1, 0.15) is 6.07 Å². The van der Waals surface area contributed by atoms with Gasteiger partial charge in [-0.1, -0.05) is 12.1 Å². The molecule has 0 unspecified atom stereocenters. The Hall–Kier alpha value is -3.51. The summed E-state index contributed by atoms with van der Waals surface area (Å²) in [5, 5.41) is 20.4. The first-order valence-electron chi connectivity index (χ1n) is 6.68. The third-order valence-corrected chi connectivity index (χ3v) is 2.97. The molecular weight excluding hydrogens is 294 g/mol. The van der Waals surface area contributed by atoms with E-state index in [1.165, 1.54) is 13.2 Å². The number of nitriles is 2. The van der Waals surface area contributed by atoms with Gasteiger partial charge >= 0.3 is 0 Å². The van der Waals surface area contributed by atoms with Crippen LogP contribution in [0.15, 0.2) is 42.5 Å². The number of hydrogen-bond acceptors (Lipinski definition) is 5. The van der Waals surface area contributed by atoms with Crippen LogP contribution in [0.3, 0.4) is 0 Å². The number of anilines is 1. The summed E-state index contributed by atoms with van der Waals surface area (Å²) < 4.78 is 10.5. The molecule has 23 heavy (non-hydrogen) atoms. The van der Waals surface area contributed by atoms with E-state index in [2.05, 4.69) is 5.32 Å². The summed E-state index contributed by atoms with van der Waals surface area (Å²) in [5.74, 6) is 0.323. The standard InChI is InChI=1S/C17H13N3O3/c1-22-16-8-12(9-18)6-7-15(16)23-11-17(21)20-14-5-3-2-4-13(14)10-19/h2-8H,11H2,1H3,(H,20,21). The lowest BCUT2D eigenvalue weighted by atomic mass is 10.2. The number of carbonyl (C=O) groups excluding carboxylic acids is 1. The number of para-hydroxylation sites is 1. The summed E-state index contributed by atoms with van der Waals surface area (Å²) in [4.78, 5) is 11.9. The van der Waals surface area contributed by atoms with Crippen LogP contribution in [0.2, 0.25) is 0 Å². The number of benzene rings is 2. The normalized spacial score (nSPS) is 9.35. The molecule has 0 saturated heterocycles. The summed E-state index contributed by atoms with van der Waals surface area (Å²) in [5.41, 5.74) is 1.23. The zero-order valence-electron chi connectivity index (χ0n) is 12.4. The number of nitrogens with one attached hydrogen (secondary N) is 1. The Balaban J connectivity index is 2.03. The van der Waals surface area contributed by atoms with E-state index in [0.29, 0.717) is 28.3 Å². The van der Waals surface area contributed by atoms with Crippen LogP contribution in [0.25, 0.3) is 0 Å². The zero-order valence-corrected chi connectivity index (χ0v) is 12.4. The van der Waals surface area contributed by atoms with Crippen LogP contribution in [0.1, 0.15) is 11.1 Å². The minimum Gasteiger partial charge on any atom is -0.493 e. The van der Waals surface area contributed by atoms with Gasteiger partial charge in [0, 0.05) is 6.07 Å². The van der Waals surface area contributed by atoms with Crippen molar-refractivity contribution in [3.05, 3.63) is 53.6 Å². The highest BCUT2D eigenvalue weighted by atomic mass is 16.5. The van der Waals surface area contributed by atoms with Gasteiger partial charge < -0.3 is 14.8 Å². The monoisotopic (exact) mass is 307 g/mol. The van der Waals surface area contributed by atoms with Crippen LogP contribution in [-0.4, -0.2) is 19.6 Å². The lowest BCUT2D eigenvalue weighted by Gasteiger charge is -2.11. The molecule has 0 aliphatic heterocycles. The average molecular weight is 307 g/mol. The number of carbonyl (C=O) groups is 1. The number of methoxy groups -OCH3 is 1. The van der Waals surface area contributed by atoms with Crippen molar-refractivity contribution in [2.24, 2.45) is 0 Å². The molecule has 0 aromatic heterocycles. The van der Waals surface area contributed by atoms with E-state index < -0.39 is 5.91 Å². The maximum atomic E-state index is 11.9. The fourth-order valence-electron chi connectivity index (χ4n) is 1.88.